The summed E-state index contributed by atoms with van der Waals surface area (Å²) in [4.78, 5) is 0. The third-order valence-electron chi connectivity index (χ3n) is 3.87. The molecule has 0 radical (unpaired) electrons. The first kappa shape index (κ1) is 10.1. The van der Waals surface area contributed by atoms with Crippen molar-refractivity contribution in [1.82, 2.24) is 0 Å². The molecule has 1 aromatic carbocycles. The van der Waals surface area contributed by atoms with Crippen molar-refractivity contribution >= 4 is 0 Å². The minimum absolute atomic E-state index is 0.180. The van der Waals surface area contributed by atoms with Gasteiger partial charge < -0.3 is 5.11 Å². The molecule has 0 heterocycles. The first-order chi connectivity index (χ1) is 7.84. The molecule has 3 atom stereocenters. The van der Waals surface area contributed by atoms with Gasteiger partial charge >= 0.3 is 0 Å². The molecule has 1 heteroatoms. The van der Waals surface area contributed by atoms with Crippen LogP contribution < -0.4 is 0 Å². The summed E-state index contributed by atoms with van der Waals surface area (Å²) in [5.41, 5.74) is 2.97. The molecule has 0 bridgehead atoms. The first-order valence-corrected chi connectivity index (χ1v) is 6.28. The highest BCUT2D eigenvalue weighted by atomic mass is 16.3. The van der Waals surface area contributed by atoms with Crippen molar-refractivity contribution in [2.75, 3.05) is 0 Å². The van der Waals surface area contributed by atoms with E-state index in [1.165, 1.54) is 24.0 Å². The SMILES string of the molecule is OC1C=C(C2CC2c2ccccc2)CCC1. The van der Waals surface area contributed by atoms with Gasteiger partial charge in [0.1, 0.15) is 0 Å². The van der Waals surface area contributed by atoms with Gasteiger partial charge in [0.2, 0.25) is 0 Å². The summed E-state index contributed by atoms with van der Waals surface area (Å²) in [7, 11) is 0. The molecule has 0 saturated heterocycles. The molecule has 3 unspecified atom stereocenters. The summed E-state index contributed by atoms with van der Waals surface area (Å²) in [6.07, 6.45) is 6.52. The Labute approximate surface area is 96.8 Å². The highest BCUT2D eigenvalue weighted by molar-refractivity contribution is 5.32. The minimum Gasteiger partial charge on any atom is -0.389 e. The van der Waals surface area contributed by atoms with Gasteiger partial charge in [-0.3, -0.25) is 0 Å². The fraction of sp³-hybridized carbons (Fsp3) is 0.467. The first-order valence-electron chi connectivity index (χ1n) is 6.28. The third kappa shape index (κ3) is 1.92. The van der Waals surface area contributed by atoms with E-state index in [0.29, 0.717) is 0 Å². The fourth-order valence-electron chi connectivity index (χ4n) is 2.91. The van der Waals surface area contributed by atoms with Crippen LogP contribution in [0.5, 0.6) is 0 Å². The highest BCUT2D eigenvalue weighted by Crippen LogP contribution is 2.53. The zero-order chi connectivity index (χ0) is 11.0. The van der Waals surface area contributed by atoms with Crippen LogP contribution in [0.3, 0.4) is 0 Å². The van der Waals surface area contributed by atoms with E-state index >= 15 is 0 Å². The topological polar surface area (TPSA) is 20.2 Å². The standard InChI is InChI=1S/C15H18O/c16-13-8-4-7-12(9-13)15-10-14(15)11-5-2-1-3-6-11/h1-3,5-6,9,13-16H,4,7-8,10H2. The summed E-state index contributed by atoms with van der Waals surface area (Å²) in [6, 6.07) is 10.8. The number of allylic oxidation sites excluding steroid dienone is 1. The van der Waals surface area contributed by atoms with E-state index in [9.17, 15) is 5.11 Å². The summed E-state index contributed by atoms with van der Waals surface area (Å²) in [5, 5.41) is 9.64. The van der Waals surface area contributed by atoms with E-state index < -0.39 is 0 Å². The predicted molar refractivity (Wildman–Crippen MR) is 65.2 cm³/mol. The predicted octanol–water partition coefficient (Wildman–Crippen LogP) is 3.26. The molecule has 1 saturated carbocycles. The van der Waals surface area contributed by atoms with E-state index in [-0.39, 0.29) is 6.10 Å². The van der Waals surface area contributed by atoms with E-state index in [0.717, 1.165) is 24.7 Å². The van der Waals surface area contributed by atoms with Gasteiger partial charge in [-0.15, -0.1) is 0 Å². The van der Waals surface area contributed by atoms with Gasteiger partial charge in [0.15, 0.2) is 0 Å². The maximum absolute atomic E-state index is 9.64. The molecule has 1 nitrogen and oxygen atoms in total. The van der Waals surface area contributed by atoms with Gasteiger partial charge in [0, 0.05) is 0 Å². The molecule has 3 rings (SSSR count). The molecule has 84 valence electrons. The van der Waals surface area contributed by atoms with Gasteiger partial charge in [0.05, 0.1) is 6.10 Å². The van der Waals surface area contributed by atoms with Crippen molar-refractivity contribution in [1.29, 1.82) is 0 Å². The molecule has 1 fully saturated rings. The van der Waals surface area contributed by atoms with Gasteiger partial charge in [-0.2, -0.15) is 0 Å². The number of benzene rings is 1. The molecule has 16 heavy (non-hydrogen) atoms. The molecule has 0 aliphatic heterocycles. The van der Waals surface area contributed by atoms with Crippen LogP contribution in [-0.4, -0.2) is 11.2 Å². The van der Waals surface area contributed by atoms with Crippen molar-refractivity contribution in [3.05, 3.63) is 47.5 Å². The monoisotopic (exact) mass is 214 g/mol. The molecule has 1 N–H and O–H groups in total. The van der Waals surface area contributed by atoms with Crippen molar-refractivity contribution in [3.63, 3.8) is 0 Å². The molecule has 0 aromatic heterocycles. The molecule has 0 spiro atoms. The van der Waals surface area contributed by atoms with E-state index in [1.54, 1.807) is 0 Å². The van der Waals surface area contributed by atoms with Crippen molar-refractivity contribution < 1.29 is 5.11 Å². The Kier molecular flexibility index (Phi) is 2.56. The van der Waals surface area contributed by atoms with E-state index in [1.807, 2.05) is 0 Å². The van der Waals surface area contributed by atoms with Crippen LogP contribution in [0.15, 0.2) is 42.0 Å². The molecular weight excluding hydrogens is 196 g/mol. The number of rotatable bonds is 2. The van der Waals surface area contributed by atoms with Crippen LogP contribution in [-0.2, 0) is 0 Å². The maximum atomic E-state index is 9.64. The molecule has 2 aliphatic rings. The second-order valence-corrected chi connectivity index (χ2v) is 5.06. The van der Waals surface area contributed by atoms with E-state index in [2.05, 4.69) is 36.4 Å². The Morgan fingerprint density at radius 1 is 1.06 bits per heavy atom. The Bertz CT molecular complexity index is 393. The minimum atomic E-state index is -0.180. The highest BCUT2D eigenvalue weighted by Gasteiger charge is 2.40. The van der Waals surface area contributed by atoms with Gasteiger partial charge in [-0.1, -0.05) is 42.0 Å². The number of hydrogen-bond acceptors (Lipinski definition) is 1. The number of aliphatic hydroxyl groups is 1. The van der Waals surface area contributed by atoms with Crippen LogP contribution in [0.1, 0.15) is 37.2 Å². The Morgan fingerprint density at radius 3 is 2.62 bits per heavy atom. The zero-order valence-corrected chi connectivity index (χ0v) is 9.47. The third-order valence-corrected chi connectivity index (χ3v) is 3.87. The van der Waals surface area contributed by atoms with Gasteiger partial charge in [-0.05, 0) is 43.1 Å². The van der Waals surface area contributed by atoms with Crippen molar-refractivity contribution in [2.45, 2.75) is 37.7 Å². The molecule has 2 aliphatic carbocycles. The summed E-state index contributed by atoms with van der Waals surface area (Å²) < 4.78 is 0. The van der Waals surface area contributed by atoms with Gasteiger partial charge in [0.25, 0.3) is 0 Å². The van der Waals surface area contributed by atoms with Crippen LogP contribution in [0, 0.1) is 5.92 Å². The van der Waals surface area contributed by atoms with Crippen LogP contribution >= 0.6 is 0 Å². The zero-order valence-electron chi connectivity index (χ0n) is 9.47. The molecular formula is C15H18O. The van der Waals surface area contributed by atoms with Crippen molar-refractivity contribution in [3.8, 4) is 0 Å². The average Bonchev–Trinajstić information content (AvgIpc) is 3.10. The normalized spacial score (nSPS) is 33.3. The number of aliphatic hydroxyl groups excluding tert-OH is 1. The molecule has 0 amide bonds. The summed E-state index contributed by atoms with van der Waals surface area (Å²) in [5.74, 6) is 1.44. The lowest BCUT2D eigenvalue weighted by atomic mass is 9.92. The molecule has 1 aromatic rings. The van der Waals surface area contributed by atoms with Crippen molar-refractivity contribution in [2.24, 2.45) is 5.92 Å². The largest absolute Gasteiger partial charge is 0.389 e. The Balaban J connectivity index is 1.72. The lowest BCUT2D eigenvalue weighted by Gasteiger charge is -2.17. The summed E-state index contributed by atoms with van der Waals surface area (Å²) >= 11 is 0. The second kappa shape index (κ2) is 4.06. The average molecular weight is 214 g/mol. The Morgan fingerprint density at radius 2 is 1.88 bits per heavy atom. The number of hydrogen-bond donors (Lipinski definition) is 1. The van der Waals surface area contributed by atoms with E-state index in [4.69, 9.17) is 0 Å². The summed E-state index contributed by atoms with van der Waals surface area (Å²) in [6.45, 7) is 0. The fourth-order valence-corrected chi connectivity index (χ4v) is 2.91. The van der Waals surface area contributed by atoms with Gasteiger partial charge in [-0.25, -0.2) is 0 Å². The van der Waals surface area contributed by atoms with Crippen LogP contribution in [0.2, 0.25) is 0 Å². The van der Waals surface area contributed by atoms with Crippen LogP contribution in [0.4, 0.5) is 0 Å². The Hall–Kier alpha value is -1.08. The maximum Gasteiger partial charge on any atom is 0.0723 e. The lowest BCUT2D eigenvalue weighted by Crippen LogP contribution is -2.10. The lowest BCUT2D eigenvalue weighted by molar-refractivity contribution is 0.201. The second-order valence-electron chi connectivity index (χ2n) is 5.06. The quantitative estimate of drug-likeness (QED) is 0.749. The smallest absolute Gasteiger partial charge is 0.0723 e. The van der Waals surface area contributed by atoms with Crippen LogP contribution in [0.25, 0.3) is 0 Å².